The first kappa shape index (κ1) is 24.2. The summed E-state index contributed by atoms with van der Waals surface area (Å²) in [4.78, 5) is 10.9. The Morgan fingerprint density at radius 2 is 1.00 bits per heavy atom. The van der Waals surface area contributed by atoms with Crippen molar-refractivity contribution in [3.8, 4) is 0 Å². The normalized spacial score (nSPS) is 11.7. The molecule has 148 valence electrons. The highest BCUT2D eigenvalue weighted by molar-refractivity contribution is 5.87. The van der Waals surface area contributed by atoms with Gasteiger partial charge in [-0.15, -0.1) is 0 Å². The zero-order valence-electron chi connectivity index (χ0n) is 17.5. The molecule has 0 amide bonds. The molecule has 0 aliphatic carbocycles. The monoisotopic (exact) mass is 351 g/mol. The first-order chi connectivity index (χ1) is 12.2. The molecule has 0 saturated carbocycles. The summed E-state index contributed by atoms with van der Waals surface area (Å²) in [6.45, 7) is 6.84. The summed E-state index contributed by atoms with van der Waals surface area (Å²) in [6, 6.07) is 0. The largest absolute Gasteiger partial charge is 0.388 e. The molecule has 1 N–H and O–H groups in total. The number of hydrogen-bond donors (Lipinski definition) is 1. The van der Waals surface area contributed by atoms with Gasteiger partial charge in [-0.2, -0.15) is 0 Å². The summed E-state index contributed by atoms with van der Waals surface area (Å²) >= 11 is 0. The fourth-order valence-corrected chi connectivity index (χ4v) is 3.31. The maximum absolute atomic E-state index is 10.9. The predicted molar refractivity (Wildman–Crippen MR) is 112 cm³/mol. The van der Waals surface area contributed by atoms with Gasteiger partial charge in [0.15, 0.2) is 5.78 Å². The van der Waals surface area contributed by atoms with Crippen LogP contribution in [0.4, 0.5) is 0 Å². The summed E-state index contributed by atoms with van der Waals surface area (Å²) in [5, 5.41) is 3.30. The maximum Gasteiger partial charge on any atom is 0.154 e. The predicted octanol–water partition coefficient (Wildman–Crippen LogP) is 7.33. The molecule has 0 radical (unpaired) electrons. The van der Waals surface area contributed by atoms with Gasteiger partial charge in [0.25, 0.3) is 0 Å². The van der Waals surface area contributed by atoms with Crippen LogP contribution < -0.4 is 5.32 Å². The van der Waals surface area contributed by atoms with Crippen LogP contribution in [0, 0.1) is 0 Å². The van der Waals surface area contributed by atoms with Crippen molar-refractivity contribution in [1.29, 1.82) is 0 Å². The van der Waals surface area contributed by atoms with Crippen LogP contribution in [0.2, 0.25) is 0 Å². The summed E-state index contributed by atoms with van der Waals surface area (Å²) in [5.74, 6) is 0.122. The van der Waals surface area contributed by atoms with Crippen LogP contribution in [-0.2, 0) is 4.79 Å². The lowest BCUT2D eigenvalue weighted by atomic mass is 10.0. The van der Waals surface area contributed by atoms with Gasteiger partial charge in [-0.25, -0.2) is 0 Å². The number of unbranched alkanes of at least 4 members (excludes halogenated alkanes) is 15. The molecule has 0 aliphatic heterocycles. The molecular weight excluding hydrogens is 306 g/mol. The second-order valence-electron chi connectivity index (χ2n) is 7.67. The van der Waals surface area contributed by atoms with Crippen LogP contribution in [0.1, 0.15) is 124 Å². The minimum atomic E-state index is 0.122. The van der Waals surface area contributed by atoms with Gasteiger partial charge < -0.3 is 5.32 Å². The highest BCUT2D eigenvalue weighted by Crippen LogP contribution is 2.13. The van der Waals surface area contributed by atoms with E-state index in [1.807, 2.05) is 6.92 Å². The summed E-state index contributed by atoms with van der Waals surface area (Å²) < 4.78 is 0. The Bertz CT molecular complexity index is 322. The molecule has 0 spiro atoms. The molecule has 0 unspecified atom stereocenters. The lowest BCUT2D eigenvalue weighted by molar-refractivity contribution is -0.112. The summed E-state index contributed by atoms with van der Waals surface area (Å²) in [7, 11) is 0. The highest BCUT2D eigenvalue weighted by atomic mass is 16.1. The fourth-order valence-electron chi connectivity index (χ4n) is 3.31. The molecule has 0 bridgehead atoms. The maximum atomic E-state index is 10.9. The Kier molecular flexibility index (Phi) is 18.9. The Balaban J connectivity index is 3.11. The van der Waals surface area contributed by atoms with E-state index in [9.17, 15) is 4.79 Å². The van der Waals surface area contributed by atoms with Crippen molar-refractivity contribution in [1.82, 2.24) is 5.32 Å². The topological polar surface area (TPSA) is 29.1 Å². The van der Waals surface area contributed by atoms with E-state index in [0.29, 0.717) is 0 Å². The molecule has 2 nitrogen and oxygen atoms in total. The van der Waals surface area contributed by atoms with Crippen LogP contribution in [0.3, 0.4) is 0 Å². The smallest absolute Gasteiger partial charge is 0.154 e. The third kappa shape index (κ3) is 21.2. The molecule has 2 heteroatoms. The van der Waals surface area contributed by atoms with E-state index in [4.69, 9.17) is 0 Å². The van der Waals surface area contributed by atoms with E-state index in [-0.39, 0.29) is 5.78 Å². The van der Waals surface area contributed by atoms with Gasteiger partial charge in [0, 0.05) is 12.2 Å². The summed E-state index contributed by atoms with van der Waals surface area (Å²) in [6.07, 6.45) is 24.1. The molecule has 0 aromatic carbocycles. The van der Waals surface area contributed by atoms with E-state index in [1.54, 1.807) is 13.0 Å². The number of nitrogens with one attached hydrogen (secondary N) is 1. The van der Waals surface area contributed by atoms with Crippen molar-refractivity contribution < 1.29 is 4.79 Å². The highest BCUT2D eigenvalue weighted by Gasteiger charge is 1.95. The summed E-state index contributed by atoms with van der Waals surface area (Å²) in [5.41, 5.74) is 0.994. The van der Waals surface area contributed by atoms with Crippen LogP contribution in [0.25, 0.3) is 0 Å². The van der Waals surface area contributed by atoms with Crippen molar-refractivity contribution in [2.75, 3.05) is 6.54 Å². The molecule has 0 rings (SSSR count). The fraction of sp³-hybridized carbons (Fsp3) is 0.870. The van der Waals surface area contributed by atoms with Crippen LogP contribution in [0.5, 0.6) is 0 Å². The Morgan fingerprint density at radius 1 is 0.640 bits per heavy atom. The van der Waals surface area contributed by atoms with Crippen LogP contribution in [0.15, 0.2) is 11.8 Å². The van der Waals surface area contributed by atoms with Crippen LogP contribution >= 0.6 is 0 Å². The van der Waals surface area contributed by atoms with Crippen molar-refractivity contribution in [3.63, 3.8) is 0 Å². The number of hydrogen-bond acceptors (Lipinski definition) is 2. The first-order valence-corrected chi connectivity index (χ1v) is 11.1. The molecule has 0 atom stereocenters. The first-order valence-electron chi connectivity index (χ1n) is 11.1. The van der Waals surface area contributed by atoms with Gasteiger partial charge in [0.1, 0.15) is 0 Å². The second kappa shape index (κ2) is 19.5. The standard InChI is InChI=1S/C23H45NO/c1-4-5-6-7-8-9-10-11-12-13-14-15-16-17-18-19-20-24-22(2)21-23(3)25/h21,24H,4-20H2,1-3H3/b22-21+. The third-order valence-corrected chi connectivity index (χ3v) is 4.85. The Hall–Kier alpha value is -0.790. The molecule has 0 fully saturated rings. The molecule has 0 aliphatic rings. The van der Waals surface area contributed by atoms with Gasteiger partial charge in [0.05, 0.1) is 0 Å². The molecule has 0 saturated heterocycles. The van der Waals surface area contributed by atoms with Gasteiger partial charge in [-0.05, 0) is 26.3 Å². The van der Waals surface area contributed by atoms with Crippen molar-refractivity contribution >= 4 is 5.78 Å². The lowest BCUT2D eigenvalue weighted by Gasteiger charge is -2.06. The Morgan fingerprint density at radius 3 is 1.36 bits per heavy atom. The lowest BCUT2D eigenvalue weighted by Crippen LogP contribution is -2.13. The molecule has 0 aromatic rings. The third-order valence-electron chi connectivity index (χ3n) is 4.85. The number of carbonyl (C=O) groups is 1. The molecule has 25 heavy (non-hydrogen) atoms. The van der Waals surface area contributed by atoms with Crippen molar-refractivity contribution in [2.24, 2.45) is 0 Å². The van der Waals surface area contributed by atoms with E-state index in [0.717, 1.165) is 12.2 Å². The van der Waals surface area contributed by atoms with Crippen molar-refractivity contribution in [3.05, 3.63) is 11.8 Å². The number of carbonyl (C=O) groups excluding carboxylic acids is 1. The quantitative estimate of drug-likeness (QED) is 0.195. The SMILES string of the molecule is CCCCCCCCCCCCCCCCCCN/C(C)=C/C(C)=O. The molecule has 0 aromatic heterocycles. The average Bonchev–Trinajstić information content (AvgIpc) is 2.57. The zero-order chi connectivity index (χ0) is 18.6. The van der Waals surface area contributed by atoms with E-state index >= 15 is 0 Å². The number of allylic oxidation sites excluding steroid dienone is 2. The second-order valence-corrected chi connectivity index (χ2v) is 7.67. The number of ketones is 1. The zero-order valence-corrected chi connectivity index (χ0v) is 17.5. The van der Waals surface area contributed by atoms with Crippen LogP contribution in [-0.4, -0.2) is 12.3 Å². The Labute approximate surface area is 158 Å². The minimum Gasteiger partial charge on any atom is -0.388 e. The minimum absolute atomic E-state index is 0.122. The van der Waals surface area contributed by atoms with E-state index in [1.165, 1.54) is 103 Å². The van der Waals surface area contributed by atoms with Gasteiger partial charge in [-0.1, -0.05) is 103 Å². The average molecular weight is 352 g/mol. The van der Waals surface area contributed by atoms with Crippen molar-refractivity contribution in [2.45, 2.75) is 124 Å². The van der Waals surface area contributed by atoms with E-state index < -0.39 is 0 Å². The van der Waals surface area contributed by atoms with E-state index in [2.05, 4.69) is 12.2 Å². The van der Waals surface area contributed by atoms with Gasteiger partial charge in [0.2, 0.25) is 0 Å². The number of rotatable bonds is 19. The molecule has 0 heterocycles. The van der Waals surface area contributed by atoms with Gasteiger partial charge >= 0.3 is 0 Å². The molecular formula is C23H45NO. The van der Waals surface area contributed by atoms with Gasteiger partial charge in [-0.3, -0.25) is 4.79 Å².